The molecular formula is C13H11O2-. The smallest absolute Gasteiger partial charge is 0.0643 e. The van der Waals surface area contributed by atoms with Crippen molar-refractivity contribution < 1.29 is 9.90 Å². The number of aliphatic carboxylic acids is 1. The highest BCUT2D eigenvalue weighted by atomic mass is 16.4. The molecule has 0 heterocycles. The maximum atomic E-state index is 9.97. The predicted octanol–water partition coefficient (Wildman–Crippen LogP) is 0.948. The molecule has 0 fully saturated rings. The van der Waals surface area contributed by atoms with Crippen LogP contribution in [0.2, 0.25) is 0 Å². The van der Waals surface area contributed by atoms with Crippen LogP contribution in [0, 0.1) is 25.7 Å². The van der Waals surface area contributed by atoms with Crippen molar-refractivity contribution in [2.24, 2.45) is 0 Å². The fraction of sp³-hybridized carbons (Fsp3) is 0. The average molecular weight is 199 g/mol. The lowest BCUT2D eigenvalue weighted by atomic mass is 10.2. The molecule has 2 nitrogen and oxygen atoms in total. The van der Waals surface area contributed by atoms with E-state index in [1.54, 1.807) is 0 Å². The van der Waals surface area contributed by atoms with Crippen LogP contribution >= 0.6 is 0 Å². The highest BCUT2D eigenvalue weighted by Crippen LogP contribution is 1.99. The van der Waals surface area contributed by atoms with Gasteiger partial charge in [0.2, 0.25) is 0 Å². The van der Waals surface area contributed by atoms with Crippen LogP contribution in [-0.4, -0.2) is 5.97 Å². The summed E-state index contributed by atoms with van der Waals surface area (Å²) in [4.78, 5) is 9.97. The lowest BCUT2D eigenvalue weighted by molar-refractivity contribution is -0.297. The molecule has 0 unspecified atom stereocenters. The number of carboxylic acid groups (broad SMARTS) is 1. The van der Waals surface area contributed by atoms with Crippen LogP contribution in [0.25, 0.3) is 6.08 Å². The van der Waals surface area contributed by atoms with Crippen molar-refractivity contribution in [1.29, 1.82) is 0 Å². The number of terminal acetylenes is 2. The van der Waals surface area contributed by atoms with Crippen LogP contribution < -0.4 is 5.11 Å². The summed E-state index contributed by atoms with van der Waals surface area (Å²) in [6.45, 7) is 0. The number of carboxylic acids is 1. The highest BCUT2D eigenvalue weighted by Gasteiger charge is 1.80. The summed E-state index contributed by atoms with van der Waals surface area (Å²) in [5, 5.41) is 9.97. The summed E-state index contributed by atoms with van der Waals surface area (Å²) in [7, 11) is 0. The monoisotopic (exact) mass is 199 g/mol. The normalized spacial score (nSPS) is 7.73. The topological polar surface area (TPSA) is 40.1 Å². The molecule has 1 rings (SSSR count). The van der Waals surface area contributed by atoms with E-state index in [1.807, 2.05) is 30.3 Å². The van der Waals surface area contributed by atoms with Gasteiger partial charge in [0.1, 0.15) is 0 Å². The summed E-state index contributed by atoms with van der Waals surface area (Å²) >= 11 is 0. The Bertz CT molecular complexity index is 325. The van der Waals surface area contributed by atoms with Crippen LogP contribution in [-0.2, 0) is 4.79 Å². The van der Waals surface area contributed by atoms with E-state index in [2.05, 4.69) is 25.7 Å². The second-order valence-electron chi connectivity index (χ2n) is 2.06. The molecule has 76 valence electrons. The Morgan fingerprint density at radius 1 is 1.07 bits per heavy atom. The maximum absolute atomic E-state index is 9.97. The fourth-order valence-electron chi connectivity index (χ4n) is 0.728. The van der Waals surface area contributed by atoms with Gasteiger partial charge in [0.25, 0.3) is 0 Å². The first kappa shape index (κ1) is 15.0. The van der Waals surface area contributed by atoms with Crippen molar-refractivity contribution in [2.75, 3.05) is 0 Å². The SMILES string of the molecule is C#C.C#C.O=C([O-])/C=C/c1ccccc1. The Balaban J connectivity index is 0. The first-order valence-electron chi connectivity index (χ1n) is 3.90. The van der Waals surface area contributed by atoms with Gasteiger partial charge in [0.15, 0.2) is 0 Å². The molecule has 0 saturated heterocycles. The quantitative estimate of drug-likeness (QED) is 0.525. The predicted molar refractivity (Wildman–Crippen MR) is 60.3 cm³/mol. The molecule has 0 aliphatic carbocycles. The highest BCUT2D eigenvalue weighted by molar-refractivity contribution is 5.83. The summed E-state index contributed by atoms with van der Waals surface area (Å²) in [5.74, 6) is -1.17. The van der Waals surface area contributed by atoms with Crippen molar-refractivity contribution >= 4 is 12.0 Å². The molecule has 0 aromatic heterocycles. The van der Waals surface area contributed by atoms with Crippen LogP contribution in [0.5, 0.6) is 0 Å². The van der Waals surface area contributed by atoms with E-state index in [9.17, 15) is 9.90 Å². The first-order valence-corrected chi connectivity index (χ1v) is 3.90. The van der Waals surface area contributed by atoms with Crippen molar-refractivity contribution in [2.45, 2.75) is 0 Å². The van der Waals surface area contributed by atoms with Crippen LogP contribution in [0.1, 0.15) is 5.56 Å². The number of rotatable bonds is 2. The molecule has 0 saturated carbocycles. The van der Waals surface area contributed by atoms with Crippen molar-refractivity contribution in [3.05, 3.63) is 42.0 Å². The Morgan fingerprint density at radius 2 is 1.53 bits per heavy atom. The van der Waals surface area contributed by atoms with E-state index >= 15 is 0 Å². The lowest BCUT2D eigenvalue weighted by Gasteiger charge is -1.91. The number of hydrogen-bond donors (Lipinski definition) is 0. The van der Waals surface area contributed by atoms with Gasteiger partial charge in [-0.3, -0.25) is 0 Å². The van der Waals surface area contributed by atoms with Gasteiger partial charge in [-0.05, 0) is 11.6 Å². The van der Waals surface area contributed by atoms with E-state index in [1.165, 1.54) is 6.08 Å². The molecule has 0 N–H and O–H groups in total. The third kappa shape index (κ3) is 9.46. The van der Waals surface area contributed by atoms with E-state index < -0.39 is 5.97 Å². The second kappa shape index (κ2) is 11.6. The molecule has 1 aromatic rings. The van der Waals surface area contributed by atoms with Gasteiger partial charge in [0.05, 0.1) is 5.97 Å². The Morgan fingerprint density at radius 3 is 1.93 bits per heavy atom. The number of carbonyl (C=O) groups excluding carboxylic acids is 1. The Hall–Kier alpha value is -2.45. The molecule has 0 spiro atoms. The van der Waals surface area contributed by atoms with Gasteiger partial charge in [-0.25, -0.2) is 0 Å². The number of benzene rings is 1. The summed E-state index contributed by atoms with van der Waals surface area (Å²) in [6.07, 6.45) is 18.5. The van der Waals surface area contributed by atoms with Gasteiger partial charge in [-0.2, -0.15) is 0 Å². The third-order valence-corrected chi connectivity index (χ3v) is 1.21. The minimum absolute atomic E-state index is 0.858. The van der Waals surface area contributed by atoms with E-state index in [4.69, 9.17) is 0 Å². The Kier molecular flexibility index (Phi) is 11.6. The summed E-state index contributed by atoms with van der Waals surface area (Å²) in [5.41, 5.74) is 0.858. The van der Waals surface area contributed by atoms with Gasteiger partial charge in [0, 0.05) is 0 Å². The standard InChI is InChI=1S/C9H8O2.2C2H2/c10-9(11)7-6-8-4-2-1-3-5-8;2*1-2/h1-7H,(H,10,11);2*1-2H/p-1/b7-6+;;. The van der Waals surface area contributed by atoms with Crippen LogP contribution in [0.4, 0.5) is 0 Å². The summed E-state index contributed by atoms with van der Waals surface area (Å²) < 4.78 is 0. The van der Waals surface area contributed by atoms with Gasteiger partial charge >= 0.3 is 0 Å². The number of hydrogen-bond acceptors (Lipinski definition) is 2. The zero-order chi connectivity index (χ0) is 12.1. The second-order valence-corrected chi connectivity index (χ2v) is 2.06. The summed E-state index contributed by atoms with van der Waals surface area (Å²) in [6, 6.07) is 9.19. The van der Waals surface area contributed by atoms with E-state index in [0.717, 1.165) is 11.6 Å². The van der Waals surface area contributed by atoms with E-state index in [0.29, 0.717) is 0 Å². The van der Waals surface area contributed by atoms with Crippen LogP contribution in [0.15, 0.2) is 36.4 Å². The minimum Gasteiger partial charge on any atom is -0.545 e. The lowest BCUT2D eigenvalue weighted by Crippen LogP contribution is -2.18. The van der Waals surface area contributed by atoms with Crippen LogP contribution in [0.3, 0.4) is 0 Å². The van der Waals surface area contributed by atoms with Gasteiger partial charge in [-0.15, -0.1) is 25.7 Å². The molecular weight excluding hydrogens is 188 g/mol. The molecule has 0 aliphatic rings. The minimum atomic E-state index is -1.17. The van der Waals surface area contributed by atoms with Gasteiger partial charge < -0.3 is 9.90 Å². The number of carbonyl (C=O) groups is 1. The van der Waals surface area contributed by atoms with Crippen molar-refractivity contribution in [3.8, 4) is 25.7 Å². The first-order chi connectivity index (χ1) is 7.29. The van der Waals surface area contributed by atoms with Gasteiger partial charge in [-0.1, -0.05) is 36.4 Å². The van der Waals surface area contributed by atoms with Crippen molar-refractivity contribution in [1.82, 2.24) is 0 Å². The molecule has 1 aromatic carbocycles. The maximum Gasteiger partial charge on any atom is 0.0643 e. The molecule has 2 heteroatoms. The third-order valence-electron chi connectivity index (χ3n) is 1.21. The zero-order valence-corrected chi connectivity index (χ0v) is 8.17. The molecule has 0 bridgehead atoms. The fourth-order valence-corrected chi connectivity index (χ4v) is 0.728. The molecule has 0 aliphatic heterocycles. The molecule has 0 radical (unpaired) electrons. The van der Waals surface area contributed by atoms with E-state index in [-0.39, 0.29) is 0 Å². The molecule has 15 heavy (non-hydrogen) atoms. The molecule has 0 amide bonds. The van der Waals surface area contributed by atoms with Crippen molar-refractivity contribution in [3.63, 3.8) is 0 Å². The zero-order valence-electron chi connectivity index (χ0n) is 8.17. The molecule has 0 atom stereocenters. The largest absolute Gasteiger partial charge is 0.545 e. The average Bonchev–Trinajstić information content (AvgIpc) is 2.33. The Labute approximate surface area is 90.3 Å².